The van der Waals surface area contributed by atoms with Crippen LogP contribution in [0, 0.1) is 18.3 Å². The zero-order valence-corrected chi connectivity index (χ0v) is 43.7. The topological polar surface area (TPSA) is 201 Å². The number of rotatable bonds is 12. The van der Waals surface area contributed by atoms with Crippen molar-refractivity contribution in [2.45, 2.75) is 90.5 Å². The molecule has 1 aliphatic carbocycles. The number of nitrogens with zero attached hydrogens (tertiary/aromatic N) is 6. The number of thiazole rings is 1. The highest BCUT2D eigenvalue weighted by atomic mass is 32.1. The van der Waals surface area contributed by atoms with E-state index in [4.69, 9.17) is 9.72 Å². The largest absolute Gasteiger partial charge is 0.493 e. The van der Waals surface area contributed by atoms with Crippen LogP contribution < -0.4 is 25.6 Å². The van der Waals surface area contributed by atoms with Crippen molar-refractivity contribution in [3.63, 3.8) is 0 Å². The lowest BCUT2D eigenvalue weighted by atomic mass is 9.58. The average Bonchev–Trinajstić information content (AvgIpc) is 3.95. The third-order valence-corrected chi connectivity index (χ3v) is 16.8. The maximum Gasteiger partial charge on any atom is 0.355 e. The minimum Gasteiger partial charge on any atom is -0.493 e. The van der Waals surface area contributed by atoms with Crippen LogP contribution in [0.15, 0.2) is 84.9 Å². The van der Waals surface area contributed by atoms with E-state index in [1.807, 2.05) is 91.9 Å². The lowest BCUT2D eigenvalue weighted by Crippen LogP contribution is -2.49. The lowest BCUT2D eigenvalue weighted by Gasteiger charge is -2.52. The van der Waals surface area contributed by atoms with E-state index in [-0.39, 0.29) is 47.7 Å². The number of carbonyl (C=O) groups excluding carboxylic acids is 4. The molecule has 0 bridgehead atoms. The molecule has 2 saturated heterocycles. The minimum atomic E-state index is -1.12. The third-order valence-electron chi connectivity index (χ3n) is 15.9. The van der Waals surface area contributed by atoms with E-state index in [1.165, 1.54) is 11.3 Å². The Labute approximate surface area is 438 Å². The van der Waals surface area contributed by atoms with E-state index in [0.717, 1.165) is 87.7 Å². The maximum absolute atomic E-state index is 13.8. The maximum atomic E-state index is 13.8. The first-order chi connectivity index (χ1) is 36.0. The van der Waals surface area contributed by atoms with Gasteiger partial charge in [-0.1, -0.05) is 80.6 Å². The molecule has 3 aromatic heterocycles. The number of carboxylic acids is 1. The Balaban J connectivity index is 0.730. The molecule has 16 nitrogen and oxygen atoms in total. The summed E-state index contributed by atoms with van der Waals surface area (Å²) in [6.07, 6.45) is 5.41. The molecular formula is C58H61N9O7S. The number of aryl methyl sites for hydroxylation is 1. The molecule has 75 heavy (non-hydrogen) atoms. The summed E-state index contributed by atoms with van der Waals surface area (Å²) in [6, 6.07) is 27.0. The summed E-state index contributed by atoms with van der Waals surface area (Å²) in [5, 5.41) is 25.4. The molecule has 0 radical (unpaired) electrons. The Morgan fingerprint density at radius 1 is 0.920 bits per heavy atom. The van der Waals surface area contributed by atoms with Crippen LogP contribution in [0.5, 0.6) is 5.75 Å². The molecule has 4 N–H and O–H groups in total. The number of aromatic nitrogens is 4. The van der Waals surface area contributed by atoms with Crippen LogP contribution in [0.1, 0.15) is 114 Å². The molecule has 1 saturated carbocycles. The predicted octanol–water partition coefficient (Wildman–Crippen LogP) is 9.39. The number of nitrogens with one attached hydrogen (secondary N) is 3. The first-order valence-corrected chi connectivity index (χ1v) is 26.7. The third kappa shape index (κ3) is 9.74. The van der Waals surface area contributed by atoms with Crippen molar-refractivity contribution in [2.24, 2.45) is 18.4 Å². The second-order valence-corrected chi connectivity index (χ2v) is 22.9. The van der Waals surface area contributed by atoms with Crippen LogP contribution in [0.3, 0.4) is 0 Å². The van der Waals surface area contributed by atoms with Gasteiger partial charge in [-0.3, -0.25) is 39.4 Å². The van der Waals surface area contributed by atoms with Crippen molar-refractivity contribution in [1.29, 1.82) is 0 Å². The fraction of sp³-hybridized carbons (Fsp3) is 0.379. The van der Waals surface area contributed by atoms with E-state index < -0.39 is 17.3 Å². The summed E-state index contributed by atoms with van der Waals surface area (Å²) >= 11 is 1.43. The van der Waals surface area contributed by atoms with E-state index in [2.05, 4.69) is 56.6 Å². The molecule has 1 atom stereocenters. The highest BCUT2D eigenvalue weighted by Gasteiger charge is 2.46. The molecule has 4 aliphatic rings. The number of ether oxygens (including phenoxy) is 1. The van der Waals surface area contributed by atoms with Crippen LogP contribution in [-0.2, 0) is 39.8 Å². The summed E-state index contributed by atoms with van der Waals surface area (Å²) in [4.78, 5) is 78.9. The van der Waals surface area contributed by atoms with Crippen molar-refractivity contribution in [3.05, 3.63) is 124 Å². The van der Waals surface area contributed by atoms with Gasteiger partial charge in [0, 0.05) is 43.1 Å². The molecule has 4 aromatic carbocycles. The first kappa shape index (κ1) is 49.7. The Hall–Kier alpha value is -7.50. The number of carboxylic acid groups (broad SMARTS) is 1. The highest BCUT2D eigenvalue weighted by molar-refractivity contribution is 7.22. The van der Waals surface area contributed by atoms with E-state index in [0.29, 0.717) is 77.7 Å². The van der Waals surface area contributed by atoms with Gasteiger partial charge < -0.3 is 20.1 Å². The van der Waals surface area contributed by atoms with Crippen molar-refractivity contribution in [1.82, 2.24) is 30.0 Å². The lowest BCUT2D eigenvalue weighted by molar-refractivity contribution is -0.134. The number of imide groups is 1. The van der Waals surface area contributed by atoms with Crippen molar-refractivity contribution in [2.75, 3.05) is 48.3 Å². The smallest absolute Gasteiger partial charge is 0.355 e. The Kier molecular flexibility index (Phi) is 13.0. The number of piperidine rings is 2. The molecule has 4 amide bonds. The molecule has 3 aliphatic heterocycles. The molecule has 1 spiro atoms. The van der Waals surface area contributed by atoms with Gasteiger partial charge in [-0.25, -0.2) is 14.8 Å². The quantitative estimate of drug-likeness (QED) is 0.0847. The Morgan fingerprint density at radius 3 is 2.45 bits per heavy atom. The molecule has 6 heterocycles. The number of anilines is 3. The van der Waals surface area contributed by atoms with Gasteiger partial charge in [-0.05, 0) is 140 Å². The van der Waals surface area contributed by atoms with Gasteiger partial charge >= 0.3 is 5.97 Å². The summed E-state index contributed by atoms with van der Waals surface area (Å²) in [5.74, 6) is -0.973. The molecule has 386 valence electrons. The number of pyridine rings is 1. The van der Waals surface area contributed by atoms with Gasteiger partial charge in [0.1, 0.15) is 11.6 Å². The molecule has 1 unspecified atom stereocenters. The average molecular weight is 1030 g/mol. The SMILES string of the molecule is Cc1c(OCC2CC3(CCN(CC(=O)Nc4cccc5c(C6CCC(=O)NC6=O)nn(C)c45)CC3)C2)cccc1-c1c(C(C)(C)C)cc(N2CCc3cccc(C(=O)Nc4nc5ccccc5s4)c3C2)nc1C(=O)O. The van der Waals surface area contributed by atoms with Crippen LogP contribution in [0.25, 0.3) is 32.2 Å². The van der Waals surface area contributed by atoms with Gasteiger partial charge in [-0.15, -0.1) is 0 Å². The monoisotopic (exact) mass is 1030 g/mol. The standard InChI is InChI=1S/C58H61N9O7S/c1-33-36(49-41(57(2,3)4)27-46(61-51(49)55(72)73)67-24-21-35-11-8-13-37(40(35)30-67)53(70)63-56-60-42-15-6-7-18-45(42)75-56)12-10-17-44(33)74-32-34-28-58(29-34)22-25-66(26-23-58)31-48(69)59-43-16-9-14-38-50(64-65(5)52(38)43)39-19-20-47(68)62-54(39)71/h6-18,27,34,39H,19-26,28-32H2,1-5H3,(H,59,69)(H,72,73)(H,60,63,70)(H,62,68,71). The highest BCUT2D eigenvalue weighted by Crippen LogP contribution is 2.53. The zero-order chi connectivity index (χ0) is 52.3. The number of benzene rings is 4. The van der Waals surface area contributed by atoms with Crippen LogP contribution in [0.2, 0.25) is 0 Å². The number of para-hydroxylation sites is 2. The number of hydrogen-bond donors (Lipinski definition) is 4. The van der Waals surface area contributed by atoms with E-state index >= 15 is 0 Å². The number of fused-ring (bicyclic) bond motifs is 3. The van der Waals surface area contributed by atoms with Gasteiger partial charge in [0.2, 0.25) is 17.7 Å². The summed E-state index contributed by atoms with van der Waals surface area (Å²) < 4.78 is 9.28. The summed E-state index contributed by atoms with van der Waals surface area (Å²) in [5.41, 5.74) is 8.10. The normalized spacial score (nSPS) is 17.9. The first-order valence-electron chi connectivity index (χ1n) is 25.9. The second kappa shape index (κ2) is 19.6. The molecule has 17 heteroatoms. The van der Waals surface area contributed by atoms with Gasteiger partial charge in [0.05, 0.1) is 46.2 Å². The van der Waals surface area contributed by atoms with E-state index in [9.17, 15) is 29.1 Å². The van der Waals surface area contributed by atoms with Crippen molar-refractivity contribution in [3.8, 4) is 16.9 Å². The number of amides is 4. The fourth-order valence-corrected chi connectivity index (χ4v) is 12.8. The second-order valence-electron chi connectivity index (χ2n) is 21.9. The number of carbonyl (C=O) groups is 5. The minimum absolute atomic E-state index is 0.0264. The van der Waals surface area contributed by atoms with E-state index in [1.54, 1.807) is 11.7 Å². The number of likely N-dealkylation sites (tertiary alicyclic amines) is 1. The number of aromatic carboxylic acids is 1. The zero-order valence-electron chi connectivity index (χ0n) is 42.9. The molecule has 7 aromatic rings. The van der Waals surface area contributed by atoms with Gasteiger partial charge in [0.25, 0.3) is 5.91 Å². The summed E-state index contributed by atoms with van der Waals surface area (Å²) in [6.45, 7) is 11.7. The van der Waals surface area contributed by atoms with Crippen LogP contribution in [0.4, 0.5) is 16.6 Å². The van der Waals surface area contributed by atoms with Crippen LogP contribution in [-0.4, -0.2) is 92.1 Å². The van der Waals surface area contributed by atoms with Gasteiger partial charge in [0.15, 0.2) is 10.8 Å². The van der Waals surface area contributed by atoms with Crippen molar-refractivity contribution < 1.29 is 33.8 Å². The predicted molar refractivity (Wildman–Crippen MR) is 290 cm³/mol. The molecule has 3 fully saturated rings. The van der Waals surface area contributed by atoms with Crippen LogP contribution >= 0.6 is 11.3 Å². The van der Waals surface area contributed by atoms with Crippen molar-refractivity contribution >= 4 is 78.7 Å². The number of hydrogen-bond acceptors (Lipinski definition) is 12. The Bertz CT molecular complexity index is 3420. The summed E-state index contributed by atoms with van der Waals surface area (Å²) in [7, 11) is 1.80. The fourth-order valence-electron chi connectivity index (χ4n) is 12.0. The Morgan fingerprint density at radius 2 is 1.69 bits per heavy atom. The molecular weight excluding hydrogens is 967 g/mol. The molecule has 11 rings (SSSR count). The van der Waals surface area contributed by atoms with Gasteiger partial charge in [-0.2, -0.15) is 5.10 Å².